The Hall–Kier alpha value is -1.81. The molecule has 2 rings (SSSR count). The van der Waals surface area contributed by atoms with Crippen LogP contribution in [0.25, 0.3) is 11.3 Å². The molecule has 0 spiro atoms. The number of ether oxygens (including phenoxy) is 1. The van der Waals surface area contributed by atoms with Gasteiger partial charge in [0.1, 0.15) is 5.75 Å². The highest BCUT2D eigenvalue weighted by Crippen LogP contribution is 2.20. The number of nitrogens with zero attached hydrogens (tertiary/aromatic N) is 1. The van der Waals surface area contributed by atoms with Crippen LogP contribution >= 0.6 is 0 Å². The minimum absolute atomic E-state index is 0.844. The van der Waals surface area contributed by atoms with E-state index in [0.29, 0.717) is 0 Å². The van der Waals surface area contributed by atoms with Gasteiger partial charge in [0.25, 0.3) is 0 Å². The molecule has 0 unspecified atom stereocenters. The number of hydrogen-bond acceptors (Lipinski definition) is 3. The topological polar surface area (TPSA) is 63.9 Å². The van der Waals surface area contributed by atoms with Crippen LogP contribution in [0.1, 0.15) is 19.8 Å². The van der Waals surface area contributed by atoms with E-state index >= 15 is 0 Å². The molecular formula is C14H21N3O. The van der Waals surface area contributed by atoms with Crippen molar-refractivity contribution in [1.82, 2.24) is 9.97 Å². The molecule has 0 saturated carbocycles. The maximum Gasteiger partial charge on any atom is 0.119 e. The van der Waals surface area contributed by atoms with Crippen LogP contribution in [-0.4, -0.2) is 23.6 Å². The zero-order valence-corrected chi connectivity index (χ0v) is 11.0. The smallest absolute Gasteiger partial charge is 0.119 e. The molecule has 4 nitrogen and oxygen atoms in total. The molecule has 0 aliphatic carbocycles. The van der Waals surface area contributed by atoms with E-state index in [1.807, 2.05) is 30.5 Å². The zero-order chi connectivity index (χ0) is 13.2. The first-order valence-corrected chi connectivity index (χ1v) is 6.15. The Bertz CT molecular complexity index is 424. The summed E-state index contributed by atoms with van der Waals surface area (Å²) in [6.45, 7) is 2.98. The molecule has 3 N–H and O–H groups in total. The van der Waals surface area contributed by atoms with Gasteiger partial charge in [-0.15, -0.1) is 0 Å². The average molecular weight is 247 g/mol. The predicted molar refractivity (Wildman–Crippen MR) is 74.5 cm³/mol. The average Bonchev–Trinajstić information content (AvgIpc) is 2.94. The molecule has 4 heteroatoms. The predicted octanol–water partition coefficient (Wildman–Crippen LogP) is 2.83. The molecule has 1 aromatic heterocycles. The minimum atomic E-state index is 0.844. The summed E-state index contributed by atoms with van der Waals surface area (Å²) in [5.74, 6) is 0.848. The second-order valence-corrected chi connectivity index (χ2v) is 3.83. The van der Waals surface area contributed by atoms with E-state index in [9.17, 15) is 0 Å². The van der Waals surface area contributed by atoms with Gasteiger partial charge in [-0.25, -0.2) is 4.98 Å². The summed E-state index contributed by atoms with van der Waals surface area (Å²) < 4.78 is 5.11. The standard InChI is InChI=1S/C10H10N2O.C4H11N/c1-13-9-4-2-3-8(5-9)10-6-11-7-12-10;1-2-3-4-5/h2-7H,1H3,(H,11,12);2-5H2,1H3. The van der Waals surface area contributed by atoms with Gasteiger partial charge in [-0.2, -0.15) is 0 Å². The van der Waals surface area contributed by atoms with Crippen molar-refractivity contribution in [2.45, 2.75) is 19.8 Å². The van der Waals surface area contributed by atoms with Crippen LogP contribution in [0, 0.1) is 0 Å². The van der Waals surface area contributed by atoms with Gasteiger partial charge in [-0.3, -0.25) is 0 Å². The van der Waals surface area contributed by atoms with Crippen molar-refractivity contribution in [2.75, 3.05) is 13.7 Å². The van der Waals surface area contributed by atoms with Crippen LogP contribution in [0.5, 0.6) is 5.75 Å². The molecule has 0 saturated heterocycles. The van der Waals surface area contributed by atoms with Crippen LogP contribution in [-0.2, 0) is 0 Å². The maximum atomic E-state index is 5.14. The van der Waals surface area contributed by atoms with E-state index in [-0.39, 0.29) is 0 Å². The van der Waals surface area contributed by atoms with E-state index in [0.717, 1.165) is 23.6 Å². The maximum absolute atomic E-state index is 5.14. The molecule has 2 aromatic rings. The molecule has 98 valence electrons. The minimum Gasteiger partial charge on any atom is -0.497 e. The summed E-state index contributed by atoms with van der Waals surface area (Å²) in [5.41, 5.74) is 7.12. The summed E-state index contributed by atoms with van der Waals surface area (Å²) in [4.78, 5) is 7.06. The Morgan fingerprint density at radius 3 is 2.72 bits per heavy atom. The molecule has 1 aromatic carbocycles. The fourth-order valence-electron chi connectivity index (χ4n) is 1.40. The number of unbranched alkanes of at least 4 members (excludes halogenated alkanes) is 1. The molecule has 0 bridgehead atoms. The number of methoxy groups -OCH3 is 1. The number of H-pyrrole nitrogens is 1. The Morgan fingerprint density at radius 1 is 1.39 bits per heavy atom. The monoisotopic (exact) mass is 247 g/mol. The highest BCUT2D eigenvalue weighted by molar-refractivity contribution is 5.60. The normalized spacial score (nSPS) is 9.50. The van der Waals surface area contributed by atoms with E-state index in [4.69, 9.17) is 10.5 Å². The molecule has 18 heavy (non-hydrogen) atoms. The van der Waals surface area contributed by atoms with Gasteiger partial charge in [0.05, 0.1) is 19.1 Å². The third-order valence-electron chi connectivity index (χ3n) is 2.42. The number of nitrogens with two attached hydrogens (primary N) is 1. The highest BCUT2D eigenvalue weighted by Gasteiger charge is 1.99. The van der Waals surface area contributed by atoms with Crippen molar-refractivity contribution in [3.05, 3.63) is 36.8 Å². The number of benzene rings is 1. The Morgan fingerprint density at radius 2 is 2.22 bits per heavy atom. The molecule has 0 aliphatic heterocycles. The molecule has 0 fully saturated rings. The number of rotatable bonds is 4. The first kappa shape index (κ1) is 14.3. The van der Waals surface area contributed by atoms with Crippen molar-refractivity contribution in [1.29, 1.82) is 0 Å². The summed E-state index contributed by atoms with van der Waals surface area (Å²) in [7, 11) is 1.66. The van der Waals surface area contributed by atoms with Gasteiger partial charge in [-0.05, 0) is 25.1 Å². The van der Waals surface area contributed by atoms with Crippen LogP contribution in [0.4, 0.5) is 0 Å². The van der Waals surface area contributed by atoms with Crippen LogP contribution < -0.4 is 10.5 Å². The third-order valence-corrected chi connectivity index (χ3v) is 2.42. The molecule has 1 heterocycles. The van der Waals surface area contributed by atoms with E-state index in [1.54, 1.807) is 13.4 Å². The lowest BCUT2D eigenvalue weighted by Crippen LogP contribution is -1.95. The van der Waals surface area contributed by atoms with Crippen molar-refractivity contribution in [2.24, 2.45) is 5.73 Å². The molecule has 0 atom stereocenters. The lowest BCUT2D eigenvalue weighted by molar-refractivity contribution is 0.415. The summed E-state index contributed by atoms with van der Waals surface area (Å²) in [5, 5.41) is 0. The molecule has 0 amide bonds. The first-order valence-electron chi connectivity index (χ1n) is 6.15. The van der Waals surface area contributed by atoms with Gasteiger partial charge in [0, 0.05) is 11.8 Å². The Balaban J connectivity index is 0.000000280. The van der Waals surface area contributed by atoms with Gasteiger partial charge >= 0.3 is 0 Å². The van der Waals surface area contributed by atoms with Crippen molar-refractivity contribution in [3.8, 4) is 17.0 Å². The fourth-order valence-corrected chi connectivity index (χ4v) is 1.40. The van der Waals surface area contributed by atoms with Crippen LogP contribution in [0.2, 0.25) is 0 Å². The number of aromatic amines is 1. The third kappa shape index (κ3) is 4.59. The van der Waals surface area contributed by atoms with Crippen LogP contribution in [0.15, 0.2) is 36.8 Å². The summed E-state index contributed by atoms with van der Waals surface area (Å²) in [6, 6.07) is 7.81. The largest absolute Gasteiger partial charge is 0.497 e. The van der Waals surface area contributed by atoms with Crippen molar-refractivity contribution >= 4 is 0 Å². The Kier molecular flexibility index (Phi) is 6.58. The van der Waals surface area contributed by atoms with Gasteiger partial charge in [-0.1, -0.05) is 25.5 Å². The lowest BCUT2D eigenvalue weighted by atomic mass is 10.1. The van der Waals surface area contributed by atoms with Crippen molar-refractivity contribution in [3.63, 3.8) is 0 Å². The zero-order valence-electron chi connectivity index (χ0n) is 11.0. The fraction of sp³-hybridized carbons (Fsp3) is 0.357. The SMILES string of the molecule is CCCCN.COc1cccc(-c2c[nH]cn2)c1. The van der Waals surface area contributed by atoms with Crippen molar-refractivity contribution < 1.29 is 4.74 Å². The van der Waals surface area contributed by atoms with E-state index < -0.39 is 0 Å². The summed E-state index contributed by atoms with van der Waals surface area (Å²) in [6.07, 6.45) is 5.90. The van der Waals surface area contributed by atoms with Gasteiger partial charge < -0.3 is 15.5 Å². The number of aromatic nitrogens is 2. The summed E-state index contributed by atoms with van der Waals surface area (Å²) >= 11 is 0. The first-order chi connectivity index (χ1) is 8.81. The number of imidazole rings is 1. The van der Waals surface area contributed by atoms with Crippen LogP contribution in [0.3, 0.4) is 0 Å². The molecule has 0 aliphatic rings. The highest BCUT2D eigenvalue weighted by atomic mass is 16.5. The van der Waals surface area contributed by atoms with E-state index in [1.165, 1.54) is 12.8 Å². The van der Waals surface area contributed by atoms with Gasteiger partial charge in [0.15, 0.2) is 0 Å². The molecular weight excluding hydrogens is 226 g/mol. The van der Waals surface area contributed by atoms with E-state index in [2.05, 4.69) is 16.9 Å². The number of hydrogen-bond donors (Lipinski definition) is 2. The lowest BCUT2D eigenvalue weighted by Gasteiger charge is -2.00. The second kappa shape index (κ2) is 8.31. The second-order valence-electron chi connectivity index (χ2n) is 3.83. The Labute approximate surface area is 108 Å². The quantitative estimate of drug-likeness (QED) is 0.873. The van der Waals surface area contributed by atoms with Gasteiger partial charge in [0.2, 0.25) is 0 Å². The number of nitrogens with one attached hydrogen (secondary N) is 1. The molecule has 0 radical (unpaired) electrons.